The highest BCUT2D eigenvalue weighted by Gasteiger charge is 2.16. The molecule has 2 aromatic carbocycles. The molecule has 0 spiro atoms. The second-order valence-electron chi connectivity index (χ2n) is 6.11. The first-order chi connectivity index (χ1) is 12.5. The van der Waals surface area contributed by atoms with Crippen molar-refractivity contribution in [1.82, 2.24) is 10.3 Å². The van der Waals surface area contributed by atoms with Crippen molar-refractivity contribution in [1.29, 1.82) is 0 Å². The highest BCUT2D eigenvalue weighted by Crippen LogP contribution is 2.19. The summed E-state index contributed by atoms with van der Waals surface area (Å²) in [6.07, 6.45) is 1.87. The van der Waals surface area contributed by atoms with Gasteiger partial charge in [-0.05, 0) is 36.2 Å². The van der Waals surface area contributed by atoms with E-state index in [9.17, 15) is 14.7 Å². The van der Waals surface area contributed by atoms with Crippen LogP contribution >= 0.6 is 0 Å². The summed E-state index contributed by atoms with van der Waals surface area (Å²) in [6.45, 7) is 1.65. The minimum atomic E-state index is -1.33. The van der Waals surface area contributed by atoms with Crippen LogP contribution in [0.15, 0.2) is 54.7 Å². The number of carboxylic acids is 1. The molecule has 0 saturated carbocycles. The van der Waals surface area contributed by atoms with Gasteiger partial charge in [0, 0.05) is 23.5 Å². The number of hydrogen-bond donors (Lipinski definition) is 2. The number of rotatable bonds is 7. The first-order valence-electron chi connectivity index (χ1n) is 8.27. The van der Waals surface area contributed by atoms with Crippen LogP contribution in [0.5, 0.6) is 5.75 Å². The molecule has 0 saturated heterocycles. The number of carboxylic acid groups (broad SMARTS) is 1. The zero-order valence-corrected chi connectivity index (χ0v) is 14.3. The molecule has 3 aromatic rings. The summed E-state index contributed by atoms with van der Waals surface area (Å²) >= 11 is 0. The number of benzene rings is 2. The molecule has 26 heavy (non-hydrogen) atoms. The minimum absolute atomic E-state index is 0.128. The van der Waals surface area contributed by atoms with Crippen LogP contribution in [0.2, 0.25) is 0 Å². The molecule has 0 radical (unpaired) electrons. The maximum Gasteiger partial charge on any atom is 0.258 e. The van der Waals surface area contributed by atoms with Gasteiger partial charge < -0.3 is 24.9 Å². The Balaban J connectivity index is 1.63. The quantitative estimate of drug-likeness (QED) is 0.671. The first-order valence-corrected chi connectivity index (χ1v) is 8.27. The Hall–Kier alpha value is -3.28. The van der Waals surface area contributed by atoms with Gasteiger partial charge in [0.15, 0.2) is 6.61 Å². The Morgan fingerprint density at radius 1 is 1.19 bits per heavy atom. The highest BCUT2D eigenvalue weighted by atomic mass is 16.5. The van der Waals surface area contributed by atoms with Gasteiger partial charge >= 0.3 is 0 Å². The van der Waals surface area contributed by atoms with Crippen LogP contribution in [-0.4, -0.2) is 29.5 Å². The molecule has 1 atom stereocenters. The van der Waals surface area contributed by atoms with Gasteiger partial charge in [0.05, 0.1) is 12.0 Å². The molecule has 0 fully saturated rings. The van der Waals surface area contributed by atoms with Crippen molar-refractivity contribution in [2.24, 2.45) is 0 Å². The number of carbonyl (C=O) groups excluding carboxylic acids is 2. The highest BCUT2D eigenvalue weighted by molar-refractivity contribution is 5.86. The molecule has 1 unspecified atom stereocenters. The lowest BCUT2D eigenvalue weighted by Crippen LogP contribution is -2.50. The van der Waals surface area contributed by atoms with Crippen LogP contribution < -0.4 is 15.2 Å². The van der Waals surface area contributed by atoms with Gasteiger partial charge in [-0.25, -0.2) is 0 Å². The van der Waals surface area contributed by atoms with Gasteiger partial charge in [-0.3, -0.25) is 4.79 Å². The van der Waals surface area contributed by atoms with Crippen molar-refractivity contribution in [2.45, 2.75) is 19.4 Å². The van der Waals surface area contributed by atoms with E-state index in [1.54, 1.807) is 18.3 Å². The maximum atomic E-state index is 12.1. The molecule has 6 nitrogen and oxygen atoms in total. The molecule has 0 aliphatic rings. The number of para-hydroxylation sites is 1. The van der Waals surface area contributed by atoms with Crippen LogP contribution in [0.1, 0.15) is 11.1 Å². The van der Waals surface area contributed by atoms with Crippen molar-refractivity contribution >= 4 is 22.8 Å². The number of aromatic amines is 1. The third-order valence-electron chi connectivity index (χ3n) is 4.08. The second kappa shape index (κ2) is 7.74. The number of hydrogen-bond acceptors (Lipinski definition) is 4. The first kappa shape index (κ1) is 17.5. The maximum absolute atomic E-state index is 12.1. The number of H-pyrrole nitrogens is 1. The largest absolute Gasteiger partial charge is 0.548 e. The van der Waals surface area contributed by atoms with Crippen LogP contribution in [0.4, 0.5) is 0 Å². The van der Waals surface area contributed by atoms with Crippen LogP contribution in [0.25, 0.3) is 10.9 Å². The van der Waals surface area contributed by atoms with E-state index < -0.39 is 17.9 Å². The van der Waals surface area contributed by atoms with Crippen LogP contribution in [-0.2, 0) is 16.0 Å². The number of carbonyl (C=O) groups is 2. The molecule has 0 aliphatic heterocycles. The fourth-order valence-electron chi connectivity index (χ4n) is 2.80. The van der Waals surface area contributed by atoms with E-state index >= 15 is 0 Å². The summed E-state index contributed by atoms with van der Waals surface area (Å²) in [4.78, 5) is 26.6. The van der Waals surface area contributed by atoms with E-state index in [1.807, 2.05) is 43.3 Å². The van der Waals surface area contributed by atoms with E-state index in [0.29, 0.717) is 5.75 Å². The minimum Gasteiger partial charge on any atom is -0.548 e. The number of amides is 1. The van der Waals surface area contributed by atoms with Gasteiger partial charge in [-0.2, -0.15) is 0 Å². The van der Waals surface area contributed by atoms with E-state index in [0.717, 1.165) is 22.0 Å². The topological polar surface area (TPSA) is 94.2 Å². The number of aryl methyl sites for hydroxylation is 1. The summed E-state index contributed by atoms with van der Waals surface area (Å²) in [5.41, 5.74) is 2.72. The Bertz CT molecular complexity index is 932. The molecular formula is C20H19N2O4-. The van der Waals surface area contributed by atoms with Crippen molar-refractivity contribution < 1.29 is 19.4 Å². The molecule has 3 rings (SSSR count). The second-order valence-corrected chi connectivity index (χ2v) is 6.11. The van der Waals surface area contributed by atoms with Crippen LogP contribution in [0.3, 0.4) is 0 Å². The van der Waals surface area contributed by atoms with E-state index in [-0.39, 0.29) is 13.0 Å². The molecule has 134 valence electrons. The van der Waals surface area contributed by atoms with Crippen molar-refractivity contribution in [2.75, 3.05) is 6.61 Å². The zero-order chi connectivity index (χ0) is 18.5. The third-order valence-corrected chi connectivity index (χ3v) is 4.08. The monoisotopic (exact) mass is 351 g/mol. The lowest BCUT2D eigenvalue weighted by molar-refractivity contribution is -0.308. The zero-order valence-electron chi connectivity index (χ0n) is 14.3. The number of aliphatic carboxylic acids is 1. The summed E-state index contributed by atoms with van der Waals surface area (Å²) in [7, 11) is 0. The molecule has 6 heteroatoms. The van der Waals surface area contributed by atoms with Gasteiger partial charge in [0.2, 0.25) is 0 Å². The summed E-state index contributed by atoms with van der Waals surface area (Å²) < 4.78 is 5.40. The molecule has 1 amide bonds. The van der Waals surface area contributed by atoms with Crippen LogP contribution in [0, 0.1) is 6.92 Å². The van der Waals surface area contributed by atoms with Gasteiger partial charge in [-0.15, -0.1) is 0 Å². The summed E-state index contributed by atoms with van der Waals surface area (Å²) in [5, 5.41) is 14.8. The molecule has 0 aliphatic carbocycles. The molecular weight excluding hydrogens is 332 g/mol. The fourth-order valence-corrected chi connectivity index (χ4v) is 2.80. The standard InChI is InChI=1S/C20H20N2O4/c1-13-5-4-6-15(9-13)26-12-19(23)22-18(20(24)25)10-14-11-21-17-8-3-2-7-16(14)17/h2-9,11,18,21H,10,12H2,1H3,(H,22,23)(H,24,25)/p-1. The predicted molar refractivity (Wildman–Crippen MR) is 95.6 cm³/mol. The average molecular weight is 351 g/mol. The summed E-state index contributed by atoms with van der Waals surface area (Å²) in [5.74, 6) is -1.29. The molecule has 0 bridgehead atoms. The van der Waals surface area contributed by atoms with E-state index in [4.69, 9.17) is 4.74 Å². The average Bonchev–Trinajstić information content (AvgIpc) is 3.02. The smallest absolute Gasteiger partial charge is 0.258 e. The number of nitrogens with one attached hydrogen (secondary N) is 2. The number of aromatic nitrogens is 1. The molecule has 1 heterocycles. The van der Waals surface area contributed by atoms with Crippen molar-refractivity contribution in [3.05, 3.63) is 65.9 Å². The normalized spacial score (nSPS) is 11.9. The third kappa shape index (κ3) is 4.22. The van der Waals surface area contributed by atoms with Gasteiger partial charge in [0.25, 0.3) is 5.91 Å². The Kier molecular flexibility index (Phi) is 5.22. The SMILES string of the molecule is Cc1cccc(OCC(=O)NC(Cc2c[nH]c3ccccc23)C(=O)[O-])c1. The van der Waals surface area contributed by atoms with Crippen molar-refractivity contribution in [3.8, 4) is 5.75 Å². The fraction of sp³-hybridized carbons (Fsp3) is 0.200. The molecule has 1 aromatic heterocycles. The van der Waals surface area contributed by atoms with E-state index in [1.165, 1.54) is 0 Å². The molecule has 2 N–H and O–H groups in total. The Morgan fingerprint density at radius 3 is 2.77 bits per heavy atom. The Morgan fingerprint density at radius 2 is 2.00 bits per heavy atom. The predicted octanol–water partition coefficient (Wildman–Crippen LogP) is 1.33. The van der Waals surface area contributed by atoms with Crippen molar-refractivity contribution in [3.63, 3.8) is 0 Å². The number of ether oxygens (including phenoxy) is 1. The summed E-state index contributed by atoms with van der Waals surface area (Å²) in [6, 6.07) is 13.7. The lowest BCUT2D eigenvalue weighted by Gasteiger charge is -2.19. The number of fused-ring (bicyclic) bond motifs is 1. The van der Waals surface area contributed by atoms with E-state index in [2.05, 4.69) is 10.3 Å². The lowest BCUT2D eigenvalue weighted by atomic mass is 10.1. The van der Waals surface area contributed by atoms with Gasteiger partial charge in [-0.1, -0.05) is 30.3 Å². The van der Waals surface area contributed by atoms with Gasteiger partial charge in [0.1, 0.15) is 5.75 Å². The Labute approximate surface area is 150 Å².